The molecule has 3 heteroatoms. The van der Waals surface area contributed by atoms with E-state index in [0.29, 0.717) is 11.8 Å². The lowest BCUT2D eigenvalue weighted by molar-refractivity contribution is 0.124. The van der Waals surface area contributed by atoms with E-state index in [0.717, 1.165) is 19.5 Å². The molecular weight excluding hydrogens is 202 g/mol. The summed E-state index contributed by atoms with van der Waals surface area (Å²) in [6.07, 6.45) is 0.779. The molecule has 0 aromatic heterocycles. The van der Waals surface area contributed by atoms with Gasteiger partial charge in [0.2, 0.25) is 0 Å². The largest absolute Gasteiger partial charge is 0.453 e. The van der Waals surface area contributed by atoms with Crippen LogP contribution >= 0.6 is 0 Å². The molecule has 1 amide bonds. The summed E-state index contributed by atoms with van der Waals surface area (Å²) in [7, 11) is 1.44. The summed E-state index contributed by atoms with van der Waals surface area (Å²) in [5.74, 6) is 1.09. The molecule has 16 heavy (non-hydrogen) atoms. The van der Waals surface area contributed by atoms with Gasteiger partial charge in [0.1, 0.15) is 0 Å². The summed E-state index contributed by atoms with van der Waals surface area (Å²) in [5, 5.41) is 0. The molecule has 0 unspecified atom stereocenters. The number of hydrogen-bond acceptors (Lipinski definition) is 2. The predicted molar refractivity (Wildman–Crippen MR) is 65.3 cm³/mol. The number of amides is 1. The third-order valence-electron chi connectivity index (χ3n) is 3.25. The Labute approximate surface area is 98.5 Å². The van der Waals surface area contributed by atoms with E-state index in [4.69, 9.17) is 4.74 Å². The first-order chi connectivity index (χ1) is 7.47. The predicted octanol–water partition coefficient (Wildman–Crippen LogP) is 3.07. The van der Waals surface area contributed by atoms with Crippen molar-refractivity contribution < 1.29 is 9.53 Å². The zero-order chi connectivity index (χ0) is 12.3. The van der Waals surface area contributed by atoms with Crippen molar-refractivity contribution in [1.29, 1.82) is 0 Å². The second kappa shape index (κ2) is 5.37. The topological polar surface area (TPSA) is 29.5 Å². The molecule has 0 aliphatic carbocycles. The molecule has 0 atom stereocenters. The fourth-order valence-corrected chi connectivity index (χ4v) is 2.30. The molecule has 0 N–H and O–H groups in total. The Bertz CT molecular complexity index is 292. The third kappa shape index (κ3) is 2.77. The molecular formula is C13H23NO2. The molecule has 92 valence electrons. The number of ether oxygens (including phenoxy) is 1. The van der Waals surface area contributed by atoms with Crippen molar-refractivity contribution in [2.75, 3.05) is 20.2 Å². The summed E-state index contributed by atoms with van der Waals surface area (Å²) >= 11 is 0. The van der Waals surface area contributed by atoms with Crippen LogP contribution in [0.5, 0.6) is 0 Å². The van der Waals surface area contributed by atoms with Crippen LogP contribution < -0.4 is 0 Å². The van der Waals surface area contributed by atoms with Crippen molar-refractivity contribution >= 4 is 6.09 Å². The van der Waals surface area contributed by atoms with Crippen molar-refractivity contribution in [3.05, 3.63) is 11.1 Å². The highest BCUT2D eigenvalue weighted by atomic mass is 16.5. The van der Waals surface area contributed by atoms with E-state index in [1.807, 2.05) is 0 Å². The monoisotopic (exact) mass is 225 g/mol. The van der Waals surface area contributed by atoms with Gasteiger partial charge in [0.05, 0.1) is 7.11 Å². The van der Waals surface area contributed by atoms with Crippen molar-refractivity contribution in [3.63, 3.8) is 0 Å². The molecule has 0 aromatic rings. The van der Waals surface area contributed by atoms with Gasteiger partial charge in [0.15, 0.2) is 0 Å². The highest BCUT2D eigenvalue weighted by molar-refractivity contribution is 5.68. The SMILES string of the molecule is COC(=O)N1CCC(C(C)C)=C(C(C)C)C1. The average molecular weight is 225 g/mol. The molecule has 1 rings (SSSR count). The Hall–Kier alpha value is -0.990. The molecule has 0 spiro atoms. The molecule has 1 aliphatic rings. The average Bonchev–Trinajstić information content (AvgIpc) is 2.26. The first-order valence-electron chi connectivity index (χ1n) is 6.02. The molecule has 0 bridgehead atoms. The first kappa shape index (κ1) is 13.1. The highest BCUT2D eigenvalue weighted by Gasteiger charge is 2.25. The number of methoxy groups -OCH3 is 1. The van der Waals surface area contributed by atoms with Gasteiger partial charge in [-0.05, 0) is 23.8 Å². The summed E-state index contributed by atoms with van der Waals surface area (Å²) in [4.78, 5) is 13.3. The van der Waals surface area contributed by atoms with Gasteiger partial charge in [0, 0.05) is 13.1 Å². The second-order valence-corrected chi connectivity index (χ2v) is 5.00. The first-order valence-corrected chi connectivity index (χ1v) is 6.02. The van der Waals surface area contributed by atoms with Gasteiger partial charge in [-0.1, -0.05) is 33.3 Å². The Morgan fingerprint density at radius 3 is 2.19 bits per heavy atom. The standard InChI is InChI=1S/C13H23NO2/c1-9(2)11-6-7-14(13(15)16-5)8-12(11)10(3)4/h9-10H,6-8H2,1-5H3. The van der Waals surface area contributed by atoms with Gasteiger partial charge in [-0.25, -0.2) is 4.79 Å². The summed E-state index contributed by atoms with van der Waals surface area (Å²) in [6, 6.07) is 0. The minimum Gasteiger partial charge on any atom is -0.453 e. The zero-order valence-corrected chi connectivity index (χ0v) is 11.0. The van der Waals surface area contributed by atoms with Gasteiger partial charge in [-0.15, -0.1) is 0 Å². The lowest BCUT2D eigenvalue weighted by Gasteiger charge is -2.33. The lowest BCUT2D eigenvalue weighted by Crippen LogP contribution is -2.38. The second-order valence-electron chi connectivity index (χ2n) is 5.00. The Balaban J connectivity index is 2.87. The smallest absolute Gasteiger partial charge is 0.409 e. The van der Waals surface area contributed by atoms with Crippen LogP contribution in [0.2, 0.25) is 0 Å². The summed E-state index contributed by atoms with van der Waals surface area (Å²) in [5.41, 5.74) is 2.93. The summed E-state index contributed by atoms with van der Waals surface area (Å²) < 4.78 is 4.78. The molecule has 1 heterocycles. The quantitative estimate of drug-likeness (QED) is 0.676. The van der Waals surface area contributed by atoms with E-state index in [2.05, 4.69) is 27.7 Å². The molecule has 1 aliphatic heterocycles. The number of rotatable bonds is 2. The van der Waals surface area contributed by atoms with Gasteiger partial charge in [-0.3, -0.25) is 0 Å². The van der Waals surface area contributed by atoms with Crippen molar-refractivity contribution in [2.24, 2.45) is 11.8 Å². The minimum atomic E-state index is -0.207. The Morgan fingerprint density at radius 1 is 1.19 bits per heavy atom. The van der Waals surface area contributed by atoms with Gasteiger partial charge < -0.3 is 9.64 Å². The Morgan fingerprint density at radius 2 is 1.75 bits per heavy atom. The van der Waals surface area contributed by atoms with E-state index in [9.17, 15) is 4.79 Å². The van der Waals surface area contributed by atoms with Crippen LogP contribution in [-0.2, 0) is 4.74 Å². The maximum atomic E-state index is 11.5. The van der Waals surface area contributed by atoms with Crippen LogP contribution in [0.1, 0.15) is 34.1 Å². The molecule has 3 nitrogen and oxygen atoms in total. The van der Waals surface area contributed by atoms with Crippen LogP contribution in [0.4, 0.5) is 4.79 Å². The molecule has 0 fully saturated rings. The van der Waals surface area contributed by atoms with E-state index in [1.54, 1.807) is 4.90 Å². The number of hydrogen-bond donors (Lipinski definition) is 0. The number of nitrogens with zero attached hydrogens (tertiary/aromatic N) is 1. The zero-order valence-electron chi connectivity index (χ0n) is 11.0. The van der Waals surface area contributed by atoms with Gasteiger partial charge in [-0.2, -0.15) is 0 Å². The van der Waals surface area contributed by atoms with E-state index < -0.39 is 0 Å². The van der Waals surface area contributed by atoms with Gasteiger partial charge >= 0.3 is 6.09 Å². The van der Waals surface area contributed by atoms with E-state index in [-0.39, 0.29) is 6.09 Å². The maximum absolute atomic E-state index is 11.5. The fraction of sp³-hybridized carbons (Fsp3) is 0.769. The molecule has 0 aromatic carbocycles. The van der Waals surface area contributed by atoms with E-state index >= 15 is 0 Å². The van der Waals surface area contributed by atoms with E-state index in [1.165, 1.54) is 18.3 Å². The van der Waals surface area contributed by atoms with Gasteiger partial charge in [0.25, 0.3) is 0 Å². The number of carbonyl (C=O) groups is 1. The molecule has 0 radical (unpaired) electrons. The molecule has 0 saturated carbocycles. The van der Waals surface area contributed by atoms with Crippen LogP contribution in [0, 0.1) is 11.8 Å². The van der Waals surface area contributed by atoms with Crippen molar-refractivity contribution in [1.82, 2.24) is 4.90 Å². The Kier molecular flexibility index (Phi) is 4.39. The lowest BCUT2D eigenvalue weighted by atomic mass is 9.86. The normalized spacial score (nSPS) is 17.3. The fourth-order valence-electron chi connectivity index (χ4n) is 2.30. The third-order valence-corrected chi connectivity index (χ3v) is 3.25. The molecule has 0 saturated heterocycles. The summed E-state index contributed by atoms with van der Waals surface area (Å²) in [6.45, 7) is 10.4. The van der Waals surface area contributed by atoms with Crippen molar-refractivity contribution in [2.45, 2.75) is 34.1 Å². The van der Waals surface area contributed by atoms with Crippen molar-refractivity contribution in [3.8, 4) is 0 Å². The van der Waals surface area contributed by atoms with Crippen LogP contribution in [-0.4, -0.2) is 31.2 Å². The highest BCUT2D eigenvalue weighted by Crippen LogP contribution is 2.29. The maximum Gasteiger partial charge on any atom is 0.409 e. The van der Waals surface area contributed by atoms with Crippen LogP contribution in [0.3, 0.4) is 0 Å². The minimum absolute atomic E-state index is 0.207. The van der Waals surface area contributed by atoms with Crippen LogP contribution in [0.25, 0.3) is 0 Å². The number of carbonyl (C=O) groups excluding carboxylic acids is 1. The van der Waals surface area contributed by atoms with Crippen LogP contribution in [0.15, 0.2) is 11.1 Å².